The number of carboxylic acids is 1. The van der Waals surface area contributed by atoms with Gasteiger partial charge in [-0.25, -0.2) is 0 Å². The van der Waals surface area contributed by atoms with Gasteiger partial charge in [-0.1, -0.05) is 38.7 Å². The van der Waals surface area contributed by atoms with E-state index in [0.29, 0.717) is 0 Å². The molecule has 0 aliphatic heterocycles. The van der Waals surface area contributed by atoms with Crippen LogP contribution < -0.4 is 0 Å². The van der Waals surface area contributed by atoms with Crippen molar-refractivity contribution in [2.45, 2.75) is 20.8 Å². The van der Waals surface area contributed by atoms with Gasteiger partial charge in [0.1, 0.15) is 0 Å². The molecule has 1 N–H and O–H groups in total. The van der Waals surface area contributed by atoms with Crippen molar-refractivity contribution in [3.8, 4) is 0 Å². The summed E-state index contributed by atoms with van der Waals surface area (Å²) >= 11 is 0. The zero-order chi connectivity index (χ0) is 9.44. The van der Waals surface area contributed by atoms with Crippen LogP contribution in [0.25, 0.3) is 0 Å². The third-order valence-electron chi connectivity index (χ3n) is 0.842. The quantitative estimate of drug-likeness (QED) is 0.623. The molecule has 0 radical (unpaired) electrons. The third kappa shape index (κ3) is 17.6. The molecule has 0 amide bonds. The predicted octanol–water partition coefficient (Wildman–Crippen LogP) is 2.48. The highest BCUT2D eigenvalue weighted by Gasteiger charge is 1.99. The molecule has 2 heteroatoms. The molecule has 0 atom stereocenters. The summed E-state index contributed by atoms with van der Waals surface area (Å²) in [6.07, 6.45) is 1.72. The van der Waals surface area contributed by atoms with Crippen LogP contribution in [0.1, 0.15) is 20.8 Å². The third-order valence-corrected chi connectivity index (χ3v) is 0.842. The number of allylic oxidation sites excluding steroid dienone is 2. The van der Waals surface area contributed by atoms with Gasteiger partial charge in [-0.2, -0.15) is 0 Å². The number of hydrogen-bond acceptors (Lipinski definition) is 1. The van der Waals surface area contributed by atoms with Crippen LogP contribution >= 0.6 is 0 Å². The smallest absolute Gasteiger partial charge is 0.305 e. The van der Waals surface area contributed by atoms with E-state index in [1.807, 2.05) is 6.92 Å². The molecule has 0 aromatic rings. The van der Waals surface area contributed by atoms with Gasteiger partial charge in [0, 0.05) is 0 Å². The lowest BCUT2D eigenvalue weighted by Gasteiger charge is -1.89. The van der Waals surface area contributed by atoms with Gasteiger partial charge in [0.25, 0.3) is 0 Å². The van der Waals surface area contributed by atoms with Gasteiger partial charge in [-0.15, -0.1) is 0 Å². The molecule has 0 aliphatic rings. The molecule has 0 unspecified atom stereocenters. The van der Waals surface area contributed by atoms with Crippen molar-refractivity contribution >= 4 is 5.97 Å². The van der Waals surface area contributed by atoms with Gasteiger partial charge in [0.2, 0.25) is 0 Å². The van der Waals surface area contributed by atoms with Gasteiger partial charge in [-0.3, -0.25) is 4.79 Å². The highest BCUT2D eigenvalue weighted by atomic mass is 16.4. The first-order chi connectivity index (χ1) is 4.91. The molecule has 64 valence electrons. The van der Waals surface area contributed by atoms with E-state index in [1.165, 1.54) is 0 Å². The van der Waals surface area contributed by atoms with Crippen molar-refractivity contribution in [2.75, 3.05) is 0 Å². The maximum absolute atomic E-state index is 9.70. The molecule has 0 aliphatic carbocycles. The van der Waals surface area contributed by atoms with E-state index in [1.54, 1.807) is 19.9 Å². The second kappa shape index (κ2) is 7.06. The van der Waals surface area contributed by atoms with E-state index in [4.69, 9.17) is 5.11 Å². The molecule has 0 heterocycles. The monoisotopic (exact) mass is 156 g/mol. The van der Waals surface area contributed by atoms with Crippen LogP contribution in [0.4, 0.5) is 0 Å². The topological polar surface area (TPSA) is 37.3 Å². The van der Waals surface area contributed by atoms with Gasteiger partial charge in [-0.05, 0) is 6.92 Å². The van der Waals surface area contributed by atoms with Crippen molar-refractivity contribution in [1.82, 2.24) is 0 Å². The van der Waals surface area contributed by atoms with Crippen LogP contribution in [-0.4, -0.2) is 11.1 Å². The predicted molar refractivity (Wildman–Crippen MR) is 47.5 cm³/mol. The van der Waals surface area contributed by atoms with Gasteiger partial charge < -0.3 is 5.11 Å². The largest absolute Gasteiger partial charge is 0.481 e. The first-order valence-electron chi connectivity index (χ1n) is 3.42. The van der Waals surface area contributed by atoms with Crippen molar-refractivity contribution in [3.05, 3.63) is 24.8 Å². The molecule has 0 spiro atoms. The highest BCUT2D eigenvalue weighted by molar-refractivity contribution is 5.68. The summed E-state index contributed by atoms with van der Waals surface area (Å²) in [5, 5.41) is 7.99. The minimum atomic E-state index is -0.741. The van der Waals surface area contributed by atoms with E-state index in [0.717, 1.165) is 5.57 Å². The minimum absolute atomic E-state index is 0.231. The number of hydrogen-bond donors (Lipinski definition) is 1. The zero-order valence-corrected chi connectivity index (χ0v) is 7.42. The van der Waals surface area contributed by atoms with Crippen LogP contribution in [0, 0.1) is 5.92 Å². The second-order valence-corrected chi connectivity index (χ2v) is 2.54. The summed E-state index contributed by atoms with van der Waals surface area (Å²) in [5.41, 5.74) is 1.02. The molecular weight excluding hydrogens is 140 g/mol. The van der Waals surface area contributed by atoms with E-state index < -0.39 is 5.97 Å². The molecule has 0 aromatic carbocycles. The Hall–Kier alpha value is -1.05. The molecule has 0 saturated heterocycles. The summed E-state index contributed by atoms with van der Waals surface area (Å²) in [7, 11) is 0. The number of carboxylic acid groups (broad SMARTS) is 1. The summed E-state index contributed by atoms with van der Waals surface area (Å²) in [6.45, 7) is 12.2. The zero-order valence-electron chi connectivity index (χ0n) is 7.42. The fourth-order valence-electron chi connectivity index (χ4n) is 0. The molecule has 2 nitrogen and oxygen atoms in total. The van der Waals surface area contributed by atoms with Gasteiger partial charge in [0.05, 0.1) is 5.92 Å². The Bertz CT molecular complexity index is 146. The first kappa shape index (κ1) is 12.6. The Labute approximate surface area is 68.2 Å². The summed E-state index contributed by atoms with van der Waals surface area (Å²) in [5.74, 6) is -0.972. The van der Waals surface area contributed by atoms with Crippen LogP contribution in [-0.2, 0) is 4.79 Å². The molecule has 0 aromatic heterocycles. The SMILES string of the molecule is C=CC(=C)C.CC(C)C(=O)O. The first-order valence-corrected chi connectivity index (χ1v) is 3.42. The van der Waals surface area contributed by atoms with Crippen molar-refractivity contribution in [1.29, 1.82) is 0 Å². The minimum Gasteiger partial charge on any atom is -0.481 e. The molecule has 11 heavy (non-hydrogen) atoms. The fourth-order valence-corrected chi connectivity index (χ4v) is 0. The average Bonchev–Trinajstić information content (AvgIpc) is 1.89. The van der Waals surface area contributed by atoms with E-state index in [9.17, 15) is 4.79 Å². The van der Waals surface area contributed by atoms with Crippen LogP contribution in [0.2, 0.25) is 0 Å². The molecule has 0 bridgehead atoms. The standard InChI is InChI=1S/C5H8.C4H8O2/c1-4-5(2)3;1-3(2)4(5)6/h4H,1-2H2,3H3;3H,1-2H3,(H,5,6). The van der Waals surface area contributed by atoms with E-state index >= 15 is 0 Å². The van der Waals surface area contributed by atoms with Crippen molar-refractivity contribution < 1.29 is 9.90 Å². The molecule has 0 fully saturated rings. The average molecular weight is 156 g/mol. The van der Waals surface area contributed by atoms with Crippen LogP contribution in [0.3, 0.4) is 0 Å². The van der Waals surface area contributed by atoms with Crippen molar-refractivity contribution in [3.63, 3.8) is 0 Å². The maximum atomic E-state index is 9.70. The number of carbonyl (C=O) groups is 1. The number of aliphatic carboxylic acids is 1. The van der Waals surface area contributed by atoms with Crippen molar-refractivity contribution in [2.24, 2.45) is 5.92 Å². The second-order valence-electron chi connectivity index (χ2n) is 2.54. The summed E-state index contributed by atoms with van der Waals surface area (Å²) < 4.78 is 0. The van der Waals surface area contributed by atoms with Gasteiger partial charge >= 0.3 is 5.97 Å². The van der Waals surface area contributed by atoms with Crippen LogP contribution in [0.5, 0.6) is 0 Å². The number of rotatable bonds is 2. The lowest BCUT2D eigenvalue weighted by atomic mass is 10.2. The highest BCUT2D eigenvalue weighted by Crippen LogP contribution is 1.87. The lowest BCUT2D eigenvalue weighted by Crippen LogP contribution is -2.03. The van der Waals surface area contributed by atoms with E-state index in [2.05, 4.69) is 13.2 Å². The molecule has 0 rings (SSSR count). The Kier molecular flexibility index (Phi) is 8.10. The fraction of sp³-hybridized carbons (Fsp3) is 0.444. The Morgan fingerprint density at radius 3 is 1.73 bits per heavy atom. The lowest BCUT2D eigenvalue weighted by molar-refractivity contribution is -0.140. The van der Waals surface area contributed by atoms with E-state index in [-0.39, 0.29) is 5.92 Å². The molecular formula is C9H16O2. The molecule has 0 saturated carbocycles. The normalized spacial score (nSPS) is 8.00. The Morgan fingerprint density at radius 2 is 1.73 bits per heavy atom. The Morgan fingerprint density at radius 1 is 1.55 bits per heavy atom. The van der Waals surface area contributed by atoms with Crippen LogP contribution in [0.15, 0.2) is 24.8 Å². The summed E-state index contributed by atoms with van der Waals surface area (Å²) in [6, 6.07) is 0. The Balaban J connectivity index is 0. The maximum Gasteiger partial charge on any atom is 0.305 e. The summed E-state index contributed by atoms with van der Waals surface area (Å²) in [4.78, 5) is 9.70. The van der Waals surface area contributed by atoms with Gasteiger partial charge in [0.15, 0.2) is 0 Å².